The van der Waals surface area contributed by atoms with Crippen molar-refractivity contribution in [3.8, 4) is 0 Å². The molecule has 0 aromatic carbocycles. The number of carboxylic acid groups (broad SMARTS) is 1. The van der Waals surface area contributed by atoms with Gasteiger partial charge in [-0.05, 0) is 19.3 Å². The van der Waals surface area contributed by atoms with Gasteiger partial charge in [-0.1, -0.05) is 0 Å². The van der Waals surface area contributed by atoms with E-state index in [1.54, 1.807) is 12.0 Å². The lowest BCUT2D eigenvalue weighted by Crippen LogP contribution is -2.55. The Bertz CT molecular complexity index is 300. The third kappa shape index (κ3) is 1.91. The van der Waals surface area contributed by atoms with Crippen LogP contribution in [0.15, 0.2) is 0 Å². The normalized spacial score (nSPS) is 23.4. The van der Waals surface area contributed by atoms with Gasteiger partial charge in [-0.25, -0.2) is 0 Å². The van der Waals surface area contributed by atoms with Crippen molar-refractivity contribution >= 4 is 11.9 Å². The van der Waals surface area contributed by atoms with Crippen molar-refractivity contribution in [1.29, 1.82) is 0 Å². The summed E-state index contributed by atoms with van der Waals surface area (Å²) in [6.45, 7) is 0.710. The molecular weight excluding hydrogens is 210 g/mol. The molecule has 1 heterocycles. The number of rotatable bonds is 4. The van der Waals surface area contributed by atoms with E-state index in [1.807, 2.05) is 0 Å². The number of hydrogen-bond acceptors (Lipinski definition) is 3. The van der Waals surface area contributed by atoms with E-state index in [0.29, 0.717) is 19.5 Å². The summed E-state index contributed by atoms with van der Waals surface area (Å²) in [7, 11) is 1.64. The first-order valence-electron chi connectivity index (χ1n) is 5.62. The SMILES string of the molecule is COC1(CC(=O)N2CC(C(=O)O)C2)CCC1. The van der Waals surface area contributed by atoms with Crippen LogP contribution in [-0.2, 0) is 14.3 Å². The maximum absolute atomic E-state index is 11.8. The van der Waals surface area contributed by atoms with Gasteiger partial charge < -0.3 is 14.7 Å². The molecule has 90 valence electrons. The van der Waals surface area contributed by atoms with E-state index in [1.165, 1.54) is 0 Å². The molecule has 16 heavy (non-hydrogen) atoms. The largest absolute Gasteiger partial charge is 0.481 e. The number of ether oxygens (including phenoxy) is 1. The highest BCUT2D eigenvalue weighted by atomic mass is 16.5. The first kappa shape index (κ1) is 11.4. The number of amides is 1. The van der Waals surface area contributed by atoms with Gasteiger partial charge in [-0.2, -0.15) is 0 Å². The van der Waals surface area contributed by atoms with Gasteiger partial charge in [0, 0.05) is 20.2 Å². The van der Waals surface area contributed by atoms with Crippen molar-refractivity contribution < 1.29 is 19.4 Å². The monoisotopic (exact) mass is 227 g/mol. The molecule has 2 rings (SSSR count). The van der Waals surface area contributed by atoms with Gasteiger partial charge in [0.2, 0.25) is 5.91 Å². The van der Waals surface area contributed by atoms with Crippen LogP contribution >= 0.6 is 0 Å². The van der Waals surface area contributed by atoms with E-state index in [0.717, 1.165) is 19.3 Å². The smallest absolute Gasteiger partial charge is 0.310 e. The summed E-state index contributed by atoms with van der Waals surface area (Å²) < 4.78 is 5.37. The number of likely N-dealkylation sites (tertiary alicyclic amines) is 1. The Morgan fingerprint density at radius 3 is 2.44 bits per heavy atom. The molecule has 0 spiro atoms. The van der Waals surface area contributed by atoms with Gasteiger partial charge >= 0.3 is 5.97 Å². The Balaban J connectivity index is 1.79. The molecule has 1 aliphatic heterocycles. The molecule has 2 aliphatic rings. The van der Waals surface area contributed by atoms with Crippen molar-refractivity contribution in [3.05, 3.63) is 0 Å². The van der Waals surface area contributed by atoms with Crippen LogP contribution in [0.4, 0.5) is 0 Å². The maximum Gasteiger partial charge on any atom is 0.310 e. The average Bonchev–Trinajstić information content (AvgIpc) is 2.08. The summed E-state index contributed by atoms with van der Waals surface area (Å²) in [6.07, 6.45) is 3.38. The number of methoxy groups -OCH3 is 1. The van der Waals surface area contributed by atoms with Gasteiger partial charge in [-0.3, -0.25) is 9.59 Å². The number of carbonyl (C=O) groups excluding carboxylic acids is 1. The third-order valence-corrected chi connectivity index (χ3v) is 3.75. The van der Waals surface area contributed by atoms with Crippen LogP contribution in [0.25, 0.3) is 0 Å². The molecule has 0 radical (unpaired) electrons. The number of hydrogen-bond donors (Lipinski definition) is 1. The van der Waals surface area contributed by atoms with Crippen LogP contribution in [0.5, 0.6) is 0 Å². The van der Waals surface area contributed by atoms with E-state index in [4.69, 9.17) is 9.84 Å². The summed E-state index contributed by atoms with van der Waals surface area (Å²) in [4.78, 5) is 24.0. The lowest BCUT2D eigenvalue weighted by atomic mass is 9.77. The van der Waals surface area contributed by atoms with E-state index in [9.17, 15) is 9.59 Å². The molecule has 1 N–H and O–H groups in total. The summed E-state index contributed by atoms with van der Waals surface area (Å²) in [6, 6.07) is 0. The van der Waals surface area contributed by atoms with E-state index in [2.05, 4.69) is 0 Å². The fourth-order valence-electron chi connectivity index (χ4n) is 2.25. The predicted molar refractivity (Wildman–Crippen MR) is 55.9 cm³/mol. The third-order valence-electron chi connectivity index (χ3n) is 3.75. The van der Waals surface area contributed by atoms with Crippen LogP contribution in [0.3, 0.4) is 0 Å². The number of nitrogens with zero attached hydrogens (tertiary/aromatic N) is 1. The number of aliphatic carboxylic acids is 1. The fraction of sp³-hybridized carbons (Fsp3) is 0.818. The Morgan fingerprint density at radius 2 is 2.06 bits per heavy atom. The zero-order valence-corrected chi connectivity index (χ0v) is 9.44. The van der Waals surface area contributed by atoms with Gasteiger partial charge in [0.1, 0.15) is 0 Å². The fourth-order valence-corrected chi connectivity index (χ4v) is 2.25. The minimum Gasteiger partial charge on any atom is -0.481 e. The maximum atomic E-state index is 11.8. The predicted octanol–water partition coefficient (Wildman–Crippen LogP) is 0.489. The second-order valence-electron chi connectivity index (χ2n) is 4.75. The van der Waals surface area contributed by atoms with Crippen molar-refractivity contribution in [2.45, 2.75) is 31.3 Å². The minimum atomic E-state index is -0.811. The van der Waals surface area contributed by atoms with Crippen molar-refractivity contribution in [3.63, 3.8) is 0 Å². The Hall–Kier alpha value is -1.10. The standard InChI is InChI=1S/C11H17NO4/c1-16-11(3-2-4-11)5-9(13)12-6-8(7-12)10(14)15/h8H,2-7H2,1H3,(H,14,15). The highest BCUT2D eigenvalue weighted by Crippen LogP contribution is 2.38. The Kier molecular flexibility index (Phi) is 2.88. The highest BCUT2D eigenvalue weighted by molar-refractivity contribution is 5.81. The van der Waals surface area contributed by atoms with Crippen LogP contribution < -0.4 is 0 Å². The lowest BCUT2D eigenvalue weighted by molar-refractivity contribution is -0.158. The molecular formula is C11H17NO4. The van der Waals surface area contributed by atoms with Crippen LogP contribution in [-0.4, -0.2) is 47.7 Å². The second-order valence-corrected chi connectivity index (χ2v) is 4.75. The zero-order valence-electron chi connectivity index (χ0n) is 9.44. The summed E-state index contributed by atoms with van der Waals surface area (Å²) in [5.41, 5.74) is -0.259. The second kappa shape index (κ2) is 4.05. The van der Waals surface area contributed by atoms with E-state index < -0.39 is 5.97 Å². The molecule has 0 aromatic rings. The Morgan fingerprint density at radius 1 is 1.44 bits per heavy atom. The van der Waals surface area contributed by atoms with Gasteiger partial charge in [0.25, 0.3) is 0 Å². The van der Waals surface area contributed by atoms with Gasteiger partial charge in [0.15, 0.2) is 0 Å². The first-order chi connectivity index (χ1) is 7.56. The molecule has 1 saturated carbocycles. The number of carbonyl (C=O) groups is 2. The molecule has 1 saturated heterocycles. The highest BCUT2D eigenvalue weighted by Gasteiger charge is 2.43. The Labute approximate surface area is 94.4 Å². The molecule has 0 atom stereocenters. The molecule has 1 aliphatic carbocycles. The van der Waals surface area contributed by atoms with Gasteiger partial charge in [0.05, 0.1) is 17.9 Å². The minimum absolute atomic E-state index is 0.0269. The van der Waals surface area contributed by atoms with Crippen LogP contribution in [0.1, 0.15) is 25.7 Å². The number of carboxylic acids is 1. The lowest BCUT2D eigenvalue weighted by Gasteiger charge is -2.43. The quantitative estimate of drug-likeness (QED) is 0.759. The molecule has 0 aromatic heterocycles. The summed E-state index contributed by atoms with van der Waals surface area (Å²) in [5.74, 6) is -1.16. The summed E-state index contributed by atoms with van der Waals surface area (Å²) in [5, 5.41) is 8.71. The first-order valence-corrected chi connectivity index (χ1v) is 5.62. The van der Waals surface area contributed by atoms with E-state index >= 15 is 0 Å². The average molecular weight is 227 g/mol. The zero-order chi connectivity index (χ0) is 11.8. The topological polar surface area (TPSA) is 66.8 Å². The van der Waals surface area contributed by atoms with Crippen molar-refractivity contribution in [1.82, 2.24) is 4.90 Å². The molecule has 1 amide bonds. The molecule has 5 nitrogen and oxygen atoms in total. The van der Waals surface area contributed by atoms with Crippen LogP contribution in [0, 0.1) is 5.92 Å². The molecule has 0 unspecified atom stereocenters. The van der Waals surface area contributed by atoms with Crippen molar-refractivity contribution in [2.75, 3.05) is 20.2 Å². The van der Waals surface area contributed by atoms with Gasteiger partial charge in [-0.15, -0.1) is 0 Å². The molecule has 5 heteroatoms. The summed E-state index contributed by atoms with van der Waals surface area (Å²) >= 11 is 0. The van der Waals surface area contributed by atoms with Crippen molar-refractivity contribution in [2.24, 2.45) is 5.92 Å². The molecule has 0 bridgehead atoms. The van der Waals surface area contributed by atoms with Crippen LogP contribution in [0.2, 0.25) is 0 Å². The van der Waals surface area contributed by atoms with E-state index in [-0.39, 0.29) is 17.4 Å². The molecule has 2 fully saturated rings.